The third-order valence-electron chi connectivity index (χ3n) is 2.71. The lowest BCUT2D eigenvalue weighted by Gasteiger charge is -2.29. The second-order valence-electron chi connectivity index (χ2n) is 3.86. The van der Waals surface area contributed by atoms with E-state index in [1.807, 2.05) is 5.38 Å². The van der Waals surface area contributed by atoms with E-state index >= 15 is 0 Å². The summed E-state index contributed by atoms with van der Waals surface area (Å²) in [5, 5.41) is 5.04. The molecule has 2 nitrogen and oxygen atoms in total. The molecule has 2 heterocycles. The van der Waals surface area contributed by atoms with Crippen molar-refractivity contribution in [3.8, 4) is 0 Å². The average molecular weight is 231 g/mol. The quantitative estimate of drug-likeness (QED) is 0.845. The van der Waals surface area contributed by atoms with Crippen LogP contribution in [0, 0.1) is 0 Å². The molecule has 0 saturated carbocycles. The molecule has 0 unspecified atom stereocenters. The molecule has 1 aromatic rings. The molecule has 1 saturated heterocycles. The van der Waals surface area contributed by atoms with Gasteiger partial charge in [0, 0.05) is 18.0 Å². The normalized spacial score (nSPS) is 20.1. The molecule has 0 amide bonds. The highest BCUT2D eigenvalue weighted by Gasteiger charge is 2.16. The van der Waals surface area contributed by atoms with Gasteiger partial charge < -0.3 is 5.73 Å². The third-order valence-corrected chi connectivity index (χ3v) is 3.99. The number of nitrogens with zero attached hydrogens (tertiary/aromatic N) is 1. The fourth-order valence-electron chi connectivity index (χ4n) is 1.77. The second kappa shape index (κ2) is 4.62. The van der Waals surface area contributed by atoms with E-state index in [4.69, 9.17) is 17.3 Å². The molecule has 0 radical (unpaired) electrons. The summed E-state index contributed by atoms with van der Waals surface area (Å²) in [5.41, 5.74) is 7.11. The molecule has 4 heteroatoms. The molecular formula is C10H15ClN2S. The maximum atomic E-state index is 6.05. The molecule has 0 atom stereocenters. The molecule has 0 bridgehead atoms. The number of halogens is 1. The highest BCUT2D eigenvalue weighted by Crippen LogP contribution is 2.23. The number of piperidine rings is 1. The van der Waals surface area contributed by atoms with Crippen molar-refractivity contribution in [2.45, 2.75) is 25.4 Å². The van der Waals surface area contributed by atoms with Gasteiger partial charge in [-0.25, -0.2) is 0 Å². The molecule has 1 aliphatic rings. The molecule has 14 heavy (non-hydrogen) atoms. The van der Waals surface area contributed by atoms with Crippen LogP contribution in [0.4, 0.5) is 0 Å². The molecule has 1 aliphatic heterocycles. The number of hydrogen-bond acceptors (Lipinski definition) is 3. The topological polar surface area (TPSA) is 29.3 Å². The van der Waals surface area contributed by atoms with Crippen molar-refractivity contribution in [2.24, 2.45) is 5.73 Å². The zero-order chi connectivity index (χ0) is 9.97. The summed E-state index contributed by atoms with van der Waals surface area (Å²) in [6.45, 7) is 3.19. The van der Waals surface area contributed by atoms with Gasteiger partial charge in [0.15, 0.2) is 0 Å². The van der Waals surface area contributed by atoms with E-state index in [0.717, 1.165) is 37.5 Å². The van der Waals surface area contributed by atoms with Gasteiger partial charge in [-0.05, 0) is 36.9 Å². The zero-order valence-corrected chi connectivity index (χ0v) is 9.65. The van der Waals surface area contributed by atoms with Crippen LogP contribution in [0.1, 0.15) is 18.4 Å². The Morgan fingerprint density at radius 1 is 1.43 bits per heavy atom. The van der Waals surface area contributed by atoms with Crippen molar-refractivity contribution >= 4 is 22.9 Å². The largest absolute Gasteiger partial charge is 0.328 e. The van der Waals surface area contributed by atoms with Crippen molar-refractivity contribution in [1.82, 2.24) is 4.90 Å². The Labute approximate surface area is 93.7 Å². The number of hydrogen-bond donors (Lipinski definition) is 1. The maximum absolute atomic E-state index is 6.05. The summed E-state index contributed by atoms with van der Waals surface area (Å²) >= 11 is 7.72. The lowest BCUT2D eigenvalue weighted by atomic mass is 10.1. The van der Waals surface area contributed by atoms with Crippen LogP contribution in [0.15, 0.2) is 10.8 Å². The van der Waals surface area contributed by atoms with Crippen LogP contribution < -0.4 is 5.73 Å². The average Bonchev–Trinajstić information content (AvgIpc) is 2.56. The number of nitrogens with two attached hydrogens (primary N) is 1. The van der Waals surface area contributed by atoms with E-state index < -0.39 is 0 Å². The van der Waals surface area contributed by atoms with Crippen molar-refractivity contribution in [1.29, 1.82) is 0 Å². The third kappa shape index (κ3) is 2.48. The van der Waals surface area contributed by atoms with Crippen molar-refractivity contribution in [3.63, 3.8) is 0 Å². The molecule has 1 fully saturated rings. The first-order valence-corrected chi connectivity index (χ1v) is 6.26. The Morgan fingerprint density at radius 3 is 2.71 bits per heavy atom. The van der Waals surface area contributed by atoms with Gasteiger partial charge >= 0.3 is 0 Å². The minimum Gasteiger partial charge on any atom is -0.328 e. The van der Waals surface area contributed by atoms with E-state index in [1.54, 1.807) is 11.3 Å². The monoisotopic (exact) mass is 230 g/mol. The highest BCUT2D eigenvalue weighted by molar-refractivity contribution is 7.08. The molecule has 0 aliphatic carbocycles. The predicted molar refractivity (Wildman–Crippen MR) is 61.8 cm³/mol. The molecule has 1 aromatic heterocycles. The molecule has 0 spiro atoms. The Hall–Kier alpha value is -0.0900. The molecule has 78 valence electrons. The number of rotatable bonds is 2. The van der Waals surface area contributed by atoms with Crippen LogP contribution in [0.5, 0.6) is 0 Å². The van der Waals surface area contributed by atoms with Crippen LogP contribution in [-0.4, -0.2) is 24.0 Å². The molecule has 2 N–H and O–H groups in total. The van der Waals surface area contributed by atoms with Gasteiger partial charge in [0.05, 0.1) is 5.02 Å². The van der Waals surface area contributed by atoms with Crippen molar-refractivity contribution < 1.29 is 0 Å². The maximum Gasteiger partial charge on any atom is 0.0557 e. The summed E-state index contributed by atoms with van der Waals surface area (Å²) in [7, 11) is 0. The Balaban J connectivity index is 1.89. The van der Waals surface area contributed by atoms with E-state index in [2.05, 4.69) is 10.3 Å². The van der Waals surface area contributed by atoms with Gasteiger partial charge in [0.1, 0.15) is 0 Å². The van der Waals surface area contributed by atoms with E-state index in [-0.39, 0.29) is 0 Å². The van der Waals surface area contributed by atoms with Gasteiger partial charge in [0.25, 0.3) is 0 Å². The summed E-state index contributed by atoms with van der Waals surface area (Å²) in [6, 6.07) is 0.407. The molecule has 2 rings (SSSR count). The van der Waals surface area contributed by atoms with Crippen molar-refractivity contribution in [2.75, 3.05) is 13.1 Å². The van der Waals surface area contributed by atoms with Crippen LogP contribution in [0.3, 0.4) is 0 Å². The minimum absolute atomic E-state index is 0.407. The molecular weight excluding hydrogens is 216 g/mol. The van der Waals surface area contributed by atoms with E-state index in [1.165, 1.54) is 5.56 Å². The van der Waals surface area contributed by atoms with Gasteiger partial charge in [-0.15, -0.1) is 0 Å². The van der Waals surface area contributed by atoms with Crippen LogP contribution in [-0.2, 0) is 6.54 Å². The first-order valence-electron chi connectivity index (χ1n) is 4.94. The van der Waals surface area contributed by atoms with Crippen molar-refractivity contribution in [3.05, 3.63) is 21.3 Å². The fraction of sp³-hybridized carbons (Fsp3) is 0.600. The van der Waals surface area contributed by atoms with Gasteiger partial charge in [-0.3, -0.25) is 4.90 Å². The Bertz CT molecular complexity index is 292. The van der Waals surface area contributed by atoms with Crippen LogP contribution in [0.25, 0.3) is 0 Å². The number of likely N-dealkylation sites (tertiary alicyclic amines) is 1. The number of thiophene rings is 1. The first-order chi connectivity index (χ1) is 6.75. The van der Waals surface area contributed by atoms with Gasteiger partial charge in [-0.1, -0.05) is 11.6 Å². The standard InChI is InChI=1S/C10H15ClN2S/c11-10-7-14-6-8(10)5-13-3-1-9(12)2-4-13/h6-7,9H,1-5,12H2. The van der Waals surface area contributed by atoms with Crippen LogP contribution >= 0.6 is 22.9 Å². The van der Waals surface area contributed by atoms with Gasteiger partial charge in [-0.2, -0.15) is 11.3 Å². The summed E-state index contributed by atoms with van der Waals surface area (Å²) in [6.07, 6.45) is 2.23. The summed E-state index contributed by atoms with van der Waals surface area (Å²) < 4.78 is 0. The smallest absolute Gasteiger partial charge is 0.0557 e. The zero-order valence-electron chi connectivity index (χ0n) is 8.08. The fourth-order valence-corrected chi connectivity index (χ4v) is 2.81. The Kier molecular flexibility index (Phi) is 3.44. The Morgan fingerprint density at radius 2 is 2.14 bits per heavy atom. The lowest BCUT2D eigenvalue weighted by Crippen LogP contribution is -2.39. The minimum atomic E-state index is 0.407. The highest BCUT2D eigenvalue weighted by atomic mass is 35.5. The second-order valence-corrected chi connectivity index (χ2v) is 5.01. The van der Waals surface area contributed by atoms with Crippen LogP contribution in [0.2, 0.25) is 5.02 Å². The van der Waals surface area contributed by atoms with E-state index in [0.29, 0.717) is 6.04 Å². The first kappa shape index (κ1) is 10.4. The van der Waals surface area contributed by atoms with Gasteiger partial charge in [0.2, 0.25) is 0 Å². The van der Waals surface area contributed by atoms with E-state index in [9.17, 15) is 0 Å². The molecule has 0 aromatic carbocycles. The summed E-state index contributed by atoms with van der Waals surface area (Å²) in [5.74, 6) is 0. The predicted octanol–water partition coefficient (Wildman–Crippen LogP) is 2.32. The summed E-state index contributed by atoms with van der Waals surface area (Å²) in [4.78, 5) is 2.43. The lowest BCUT2D eigenvalue weighted by molar-refractivity contribution is 0.206. The SMILES string of the molecule is NC1CCN(Cc2cscc2Cl)CC1.